The van der Waals surface area contributed by atoms with Gasteiger partial charge in [-0.25, -0.2) is 13.1 Å². The minimum Gasteiger partial charge on any atom is -0.213 e. The summed E-state index contributed by atoms with van der Waals surface area (Å²) in [6.07, 6.45) is 1.09. The normalized spacial score (nSPS) is 11.7. The van der Waals surface area contributed by atoms with Gasteiger partial charge in [-0.15, -0.1) is 0 Å². The summed E-state index contributed by atoms with van der Waals surface area (Å²) in [4.78, 5) is 0. The molecule has 0 bridgehead atoms. The molecule has 0 aliphatic heterocycles. The van der Waals surface area contributed by atoms with Crippen molar-refractivity contribution >= 4 is 22.7 Å². The van der Waals surface area contributed by atoms with Gasteiger partial charge in [0.05, 0.1) is 12.1 Å². The summed E-state index contributed by atoms with van der Waals surface area (Å²) in [5.41, 5.74) is 0. The molecule has 0 amide bonds. The van der Waals surface area contributed by atoms with Gasteiger partial charge in [-0.3, -0.25) is 0 Å². The van der Waals surface area contributed by atoms with Crippen LogP contribution in [0, 0.1) is 0 Å². The second-order valence-corrected chi connectivity index (χ2v) is 3.22. The van der Waals surface area contributed by atoms with Gasteiger partial charge in [0.25, 0.3) is 0 Å². The van der Waals surface area contributed by atoms with E-state index in [1.807, 2.05) is 0 Å². The average molecular weight is 141 g/mol. The van der Waals surface area contributed by atoms with Gasteiger partial charge in [-0.2, -0.15) is 12.6 Å². The maximum atomic E-state index is 10.1. The van der Waals surface area contributed by atoms with E-state index in [4.69, 9.17) is 0 Å². The van der Waals surface area contributed by atoms with Gasteiger partial charge < -0.3 is 0 Å². The van der Waals surface area contributed by atoms with Crippen molar-refractivity contribution in [2.24, 2.45) is 0 Å². The molecule has 44 valence electrons. The van der Waals surface area contributed by atoms with E-state index >= 15 is 0 Å². The van der Waals surface area contributed by atoms with E-state index in [1.54, 1.807) is 0 Å². The van der Waals surface area contributed by atoms with Crippen LogP contribution in [-0.4, -0.2) is 20.6 Å². The molecule has 0 aliphatic carbocycles. The van der Waals surface area contributed by atoms with Crippen LogP contribution in [0.2, 0.25) is 0 Å². The lowest BCUT2D eigenvalue weighted by molar-refractivity contribution is 0.593. The van der Waals surface area contributed by atoms with E-state index in [2.05, 4.69) is 17.4 Å². The summed E-state index contributed by atoms with van der Waals surface area (Å²) in [5, 5.41) is 0. The predicted octanol–water partition coefficient (Wildman–Crippen LogP) is -0.577. The van der Waals surface area contributed by atoms with Crippen LogP contribution >= 0.6 is 12.6 Å². The number of sulfonamides is 1. The highest BCUT2D eigenvalue weighted by atomic mass is 32.2. The van der Waals surface area contributed by atoms with Gasteiger partial charge in [0.15, 0.2) is 0 Å². The summed E-state index contributed by atoms with van der Waals surface area (Å²) < 4.78 is 22.3. The number of nitrogens with one attached hydrogen (secondary N) is 1. The van der Waals surface area contributed by atoms with E-state index in [1.165, 1.54) is 0 Å². The summed E-state index contributed by atoms with van der Waals surface area (Å²) in [5.74, 6) is 0.166. The monoisotopic (exact) mass is 141 g/mol. The van der Waals surface area contributed by atoms with Crippen LogP contribution < -0.4 is 4.72 Å². The van der Waals surface area contributed by atoms with Crippen LogP contribution in [0.15, 0.2) is 0 Å². The van der Waals surface area contributed by atoms with E-state index in [0.717, 1.165) is 6.26 Å². The van der Waals surface area contributed by atoms with Crippen LogP contribution in [0.25, 0.3) is 0 Å². The first-order chi connectivity index (χ1) is 3.06. The first-order valence-corrected chi connectivity index (χ1v) is 4.14. The average Bonchev–Trinajstić information content (AvgIpc) is 1.30. The third-order valence-electron chi connectivity index (χ3n) is 0.327. The van der Waals surface area contributed by atoms with Crippen LogP contribution in [0.5, 0.6) is 0 Å². The highest BCUT2D eigenvalue weighted by molar-refractivity contribution is 7.89. The van der Waals surface area contributed by atoms with Crippen molar-refractivity contribution in [1.29, 1.82) is 0 Å². The van der Waals surface area contributed by atoms with Gasteiger partial charge >= 0.3 is 0 Å². The highest BCUT2D eigenvalue weighted by Crippen LogP contribution is 1.72. The quantitative estimate of drug-likeness (QED) is 0.399. The number of hydrogen-bond donors (Lipinski definition) is 2. The fourth-order valence-electron chi connectivity index (χ4n) is 0.117. The zero-order chi connectivity index (χ0) is 5.91. The Balaban J connectivity index is 3.60. The van der Waals surface area contributed by atoms with E-state index in [-0.39, 0.29) is 5.88 Å². The lowest BCUT2D eigenvalue weighted by Crippen LogP contribution is -2.19. The van der Waals surface area contributed by atoms with E-state index < -0.39 is 10.0 Å². The Kier molecular flexibility index (Phi) is 2.63. The maximum Gasteiger partial charge on any atom is 0.209 e. The molecule has 5 heteroatoms. The molecule has 0 aromatic heterocycles. The Morgan fingerprint density at radius 2 is 2.14 bits per heavy atom. The second kappa shape index (κ2) is 2.54. The molecular formula is C2H7NO2S2. The Morgan fingerprint density at radius 1 is 1.71 bits per heavy atom. The van der Waals surface area contributed by atoms with Gasteiger partial charge in [0, 0.05) is 0 Å². The molecule has 1 N–H and O–H groups in total. The molecule has 0 unspecified atom stereocenters. The largest absolute Gasteiger partial charge is 0.213 e. The molecule has 3 nitrogen and oxygen atoms in total. The fraction of sp³-hybridized carbons (Fsp3) is 1.00. The molecule has 0 radical (unpaired) electrons. The first kappa shape index (κ1) is 7.26. The molecule has 0 heterocycles. The standard InChI is InChI=1S/C2H7NO2S2/c1-7(4,5)3-2-6/h3,6H,2H2,1H3. The van der Waals surface area contributed by atoms with Crippen LogP contribution in [0.1, 0.15) is 0 Å². The van der Waals surface area contributed by atoms with Gasteiger partial charge in [0.2, 0.25) is 10.0 Å². The van der Waals surface area contributed by atoms with Crippen molar-refractivity contribution in [3.05, 3.63) is 0 Å². The number of hydrogen-bond acceptors (Lipinski definition) is 3. The first-order valence-electron chi connectivity index (χ1n) is 1.62. The van der Waals surface area contributed by atoms with Gasteiger partial charge in [0.1, 0.15) is 0 Å². The molecule has 0 fully saturated rings. The van der Waals surface area contributed by atoms with Crippen molar-refractivity contribution in [2.75, 3.05) is 12.1 Å². The Labute approximate surface area is 48.6 Å². The molecule has 0 aliphatic rings. The molecule has 0 aromatic carbocycles. The fourth-order valence-corrected chi connectivity index (χ4v) is 1.06. The summed E-state index contributed by atoms with van der Waals surface area (Å²) in [7, 11) is -3.00. The van der Waals surface area contributed by atoms with Crippen molar-refractivity contribution in [2.45, 2.75) is 0 Å². The molecule has 0 aromatic rings. The minimum absolute atomic E-state index is 0.166. The Hall–Kier alpha value is 0.260. The summed E-state index contributed by atoms with van der Waals surface area (Å²) in [6.45, 7) is 0. The Bertz CT molecular complexity index is 127. The Morgan fingerprint density at radius 3 is 2.14 bits per heavy atom. The molecule has 7 heavy (non-hydrogen) atoms. The zero-order valence-corrected chi connectivity index (χ0v) is 5.59. The lowest BCUT2D eigenvalue weighted by Gasteiger charge is -1.91. The van der Waals surface area contributed by atoms with Crippen molar-refractivity contribution in [3.63, 3.8) is 0 Å². The summed E-state index contributed by atoms with van der Waals surface area (Å²) >= 11 is 3.62. The van der Waals surface area contributed by atoms with Crippen LogP contribution in [-0.2, 0) is 10.0 Å². The molecule has 0 saturated heterocycles. The minimum atomic E-state index is -3.00. The second-order valence-electron chi connectivity index (χ2n) is 1.07. The molecule has 0 saturated carbocycles. The third kappa shape index (κ3) is 6.26. The SMILES string of the molecule is CS(=O)(=O)NCS. The van der Waals surface area contributed by atoms with Crippen molar-refractivity contribution < 1.29 is 8.42 Å². The zero-order valence-electron chi connectivity index (χ0n) is 3.88. The third-order valence-corrected chi connectivity index (χ3v) is 1.37. The molecular weight excluding hydrogens is 134 g/mol. The summed E-state index contributed by atoms with van der Waals surface area (Å²) in [6, 6.07) is 0. The smallest absolute Gasteiger partial charge is 0.209 e. The van der Waals surface area contributed by atoms with Gasteiger partial charge in [-0.1, -0.05) is 0 Å². The molecule has 0 atom stereocenters. The molecule has 0 rings (SSSR count). The van der Waals surface area contributed by atoms with Crippen LogP contribution in [0.4, 0.5) is 0 Å². The lowest BCUT2D eigenvalue weighted by atomic mass is 11.5. The van der Waals surface area contributed by atoms with Crippen molar-refractivity contribution in [1.82, 2.24) is 4.72 Å². The number of rotatable bonds is 2. The van der Waals surface area contributed by atoms with E-state index in [0.29, 0.717) is 0 Å². The topological polar surface area (TPSA) is 46.2 Å². The van der Waals surface area contributed by atoms with Gasteiger partial charge in [-0.05, 0) is 0 Å². The van der Waals surface area contributed by atoms with E-state index in [9.17, 15) is 8.42 Å². The molecule has 0 spiro atoms. The number of thiol groups is 1. The van der Waals surface area contributed by atoms with Crippen LogP contribution in [0.3, 0.4) is 0 Å². The predicted molar refractivity (Wildman–Crippen MR) is 31.8 cm³/mol. The highest BCUT2D eigenvalue weighted by Gasteiger charge is 1.92. The maximum absolute atomic E-state index is 10.1. The van der Waals surface area contributed by atoms with Crippen molar-refractivity contribution in [3.8, 4) is 0 Å².